The van der Waals surface area contributed by atoms with Crippen LogP contribution < -0.4 is 5.32 Å². The number of carboxylic acids is 1. The van der Waals surface area contributed by atoms with Gasteiger partial charge in [-0.1, -0.05) is 32.1 Å². The van der Waals surface area contributed by atoms with E-state index in [4.69, 9.17) is 4.74 Å². The van der Waals surface area contributed by atoms with Crippen molar-refractivity contribution in [3.05, 3.63) is 0 Å². The Morgan fingerprint density at radius 1 is 1.00 bits per heavy atom. The molecule has 0 aliphatic heterocycles. The molecule has 2 N–H and O–H groups in total. The minimum absolute atomic E-state index is 0.0425. The molecule has 0 aromatic heterocycles. The Balaban J connectivity index is 1.96. The number of carbonyl (C=O) groups excluding carboxylic acids is 1. The molecule has 5 heteroatoms. The fourth-order valence-electron chi connectivity index (χ4n) is 4.19. The summed E-state index contributed by atoms with van der Waals surface area (Å²) < 4.78 is 5.45. The molecule has 2 saturated carbocycles. The molecule has 0 atom stereocenters. The van der Waals surface area contributed by atoms with Gasteiger partial charge in [0.25, 0.3) is 0 Å². The van der Waals surface area contributed by atoms with Gasteiger partial charge in [0.1, 0.15) is 0 Å². The van der Waals surface area contributed by atoms with Crippen molar-refractivity contribution in [3.63, 3.8) is 0 Å². The molecule has 0 bridgehead atoms. The topological polar surface area (TPSA) is 75.6 Å². The fourth-order valence-corrected chi connectivity index (χ4v) is 4.19. The first kappa shape index (κ1) is 18.2. The zero-order valence-electron chi connectivity index (χ0n) is 14.4. The lowest BCUT2D eigenvalue weighted by Crippen LogP contribution is -2.48. The number of ether oxygens (including phenoxy) is 1. The number of carbonyl (C=O) groups is 2. The van der Waals surface area contributed by atoms with Crippen LogP contribution >= 0.6 is 0 Å². The van der Waals surface area contributed by atoms with Crippen molar-refractivity contribution in [2.75, 3.05) is 19.8 Å². The van der Waals surface area contributed by atoms with Crippen molar-refractivity contribution in [2.45, 2.75) is 71.1 Å². The predicted molar refractivity (Wildman–Crippen MR) is 88.2 cm³/mol. The lowest BCUT2D eigenvalue weighted by Gasteiger charge is -2.35. The van der Waals surface area contributed by atoms with E-state index in [1.807, 2.05) is 6.92 Å². The van der Waals surface area contributed by atoms with Crippen molar-refractivity contribution < 1.29 is 19.4 Å². The second kappa shape index (κ2) is 8.13. The number of hydrogen-bond donors (Lipinski definition) is 2. The van der Waals surface area contributed by atoms with Gasteiger partial charge >= 0.3 is 5.97 Å². The Labute approximate surface area is 139 Å². The van der Waals surface area contributed by atoms with Crippen LogP contribution in [-0.2, 0) is 14.3 Å². The summed E-state index contributed by atoms with van der Waals surface area (Å²) in [7, 11) is 0. The van der Waals surface area contributed by atoms with Gasteiger partial charge in [0, 0.05) is 19.8 Å². The van der Waals surface area contributed by atoms with Crippen molar-refractivity contribution in [2.24, 2.45) is 10.8 Å². The zero-order valence-corrected chi connectivity index (χ0v) is 14.4. The van der Waals surface area contributed by atoms with Gasteiger partial charge in [0.05, 0.1) is 10.8 Å². The van der Waals surface area contributed by atoms with Gasteiger partial charge in [-0.15, -0.1) is 0 Å². The quantitative estimate of drug-likeness (QED) is 0.672. The molecular weight excluding hydrogens is 294 g/mol. The summed E-state index contributed by atoms with van der Waals surface area (Å²) in [4.78, 5) is 24.5. The van der Waals surface area contributed by atoms with Crippen molar-refractivity contribution >= 4 is 11.9 Å². The Kier molecular flexibility index (Phi) is 6.45. The summed E-state index contributed by atoms with van der Waals surface area (Å²) in [6.07, 6.45) is 9.01. The normalized spacial score (nSPS) is 22.7. The minimum atomic E-state index is -0.757. The number of rotatable bonds is 8. The Morgan fingerprint density at radius 2 is 1.57 bits per heavy atom. The summed E-state index contributed by atoms with van der Waals surface area (Å²) in [6, 6.07) is 0. The molecule has 0 spiro atoms. The van der Waals surface area contributed by atoms with Crippen LogP contribution in [0.5, 0.6) is 0 Å². The van der Waals surface area contributed by atoms with Gasteiger partial charge < -0.3 is 15.2 Å². The molecule has 0 aromatic carbocycles. The van der Waals surface area contributed by atoms with Crippen LogP contribution in [0.15, 0.2) is 0 Å². The molecule has 132 valence electrons. The number of amides is 1. The first-order chi connectivity index (χ1) is 11.0. The molecule has 0 saturated heterocycles. The summed E-state index contributed by atoms with van der Waals surface area (Å²) in [6.45, 7) is 3.51. The second-order valence-corrected chi connectivity index (χ2v) is 7.26. The van der Waals surface area contributed by atoms with E-state index in [9.17, 15) is 14.7 Å². The maximum absolute atomic E-state index is 12.8. The highest BCUT2D eigenvalue weighted by Gasteiger charge is 2.44. The monoisotopic (exact) mass is 325 g/mol. The molecule has 2 aliphatic carbocycles. The maximum Gasteiger partial charge on any atom is 0.311 e. The van der Waals surface area contributed by atoms with E-state index in [-0.39, 0.29) is 17.9 Å². The highest BCUT2D eigenvalue weighted by Crippen LogP contribution is 2.42. The van der Waals surface area contributed by atoms with E-state index in [2.05, 4.69) is 5.32 Å². The van der Waals surface area contributed by atoms with E-state index in [0.29, 0.717) is 26.1 Å². The lowest BCUT2D eigenvalue weighted by molar-refractivity contribution is -0.151. The molecule has 0 aromatic rings. The van der Waals surface area contributed by atoms with Crippen molar-refractivity contribution in [1.82, 2.24) is 5.32 Å². The standard InChI is InChI=1S/C18H31NO4/c1-2-23-13-12-17(8-6-7-9-17)15(20)19-14-18(16(21)22)10-4-3-5-11-18/h2-14H2,1H3,(H,19,20)(H,21,22). The van der Waals surface area contributed by atoms with E-state index in [1.165, 1.54) is 0 Å². The molecule has 0 unspecified atom stereocenters. The first-order valence-electron chi connectivity index (χ1n) is 9.14. The summed E-state index contributed by atoms with van der Waals surface area (Å²) in [5, 5.41) is 12.6. The average Bonchev–Trinajstić information content (AvgIpc) is 3.04. The van der Waals surface area contributed by atoms with Gasteiger partial charge in [-0.25, -0.2) is 0 Å². The predicted octanol–water partition coefficient (Wildman–Crippen LogP) is 3.12. The summed E-state index contributed by atoms with van der Waals surface area (Å²) in [5.74, 6) is -0.715. The van der Waals surface area contributed by atoms with E-state index in [0.717, 1.165) is 51.4 Å². The average molecular weight is 325 g/mol. The van der Waals surface area contributed by atoms with Gasteiger partial charge in [0.15, 0.2) is 0 Å². The third-order valence-corrected chi connectivity index (χ3v) is 5.82. The molecule has 23 heavy (non-hydrogen) atoms. The van der Waals surface area contributed by atoms with E-state index < -0.39 is 11.4 Å². The highest BCUT2D eigenvalue weighted by molar-refractivity contribution is 5.84. The largest absolute Gasteiger partial charge is 0.481 e. The Hall–Kier alpha value is -1.10. The summed E-state index contributed by atoms with van der Waals surface area (Å²) in [5.41, 5.74) is -1.10. The van der Waals surface area contributed by atoms with Gasteiger partial charge in [-0.3, -0.25) is 9.59 Å². The van der Waals surface area contributed by atoms with Crippen LogP contribution in [0.1, 0.15) is 71.1 Å². The van der Waals surface area contributed by atoms with Gasteiger partial charge in [-0.05, 0) is 39.0 Å². The molecule has 5 nitrogen and oxygen atoms in total. The number of aliphatic carboxylic acids is 1. The number of hydrogen-bond acceptors (Lipinski definition) is 3. The van der Waals surface area contributed by atoms with Crippen LogP contribution in [0.2, 0.25) is 0 Å². The molecule has 2 rings (SSSR count). The van der Waals surface area contributed by atoms with Crippen molar-refractivity contribution in [3.8, 4) is 0 Å². The first-order valence-corrected chi connectivity index (χ1v) is 9.14. The molecular formula is C18H31NO4. The number of nitrogens with one attached hydrogen (secondary N) is 1. The minimum Gasteiger partial charge on any atom is -0.481 e. The Bertz CT molecular complexity index is 409. The zero-order chi connectivity index (χ0) is 16.8. The lowest BCUT2D eigenvalue weighted by atomic mass is 9.73. The number of carboxylic acid groups (broad SMARTS) is 1. The SMILES string of the molecule is CCOCCC1(C(=O)NCC2(C(=O)O)CCCCC2)CCCC1. The second-order valence-electron chi connectivity index (χ2n) is 7.26. The Morgan fingerprint density at radius 3 is 2.13 bits per heavy atom. The molecule has 2 fully saturated rings. The molecule has 0 heterocycles. The molecule has 0 radical (unpaired) electrons. The third-order valence-electron chi connectivity index (χ3n) is 5.82. The van der Waals surface area contributed by atoms with Gasteiger partial charge in [0.2, 0.25) is 5.91 Å². The highest BCUT2D eigenvalue weighted by atomic mass is 16.5. The van der Waals surface area contributed by atoms with Crippen LogP contribution in [0.3, 0.4) is 0 Å². The van der Waals surface area contributed by atoms with Crippen LogP contribution in [0.4, 0.5) is 0 Å². The van der Waals surface area contributed by atoms with E-state index in [1.54, 1.807) is 0 Å². The molecule has 1 amide bonds. The fraction of sp³-hybridized carbons (Fsp3) is 0.889. The van der Waals surface area contributed by atoms with Crippen LogP contribution in [0, 0.1) is 10.8 Å². The van der Waals surface area contributed by atoms with Crippen LogP contribution in [-0.4, -0.2) is 36.7 Å². The summed E-state index contributed by atoms with van der Waals surface area (Å²) >= 11 is 0. The maximum atomic E-state index is 12.8. The van der Waals surface area contributed by atoms with Gasteiger partial charge in [-0.2, -0.15) is 0 Å². The third kappa shape index (κ3) is 4.25. The molecule has 2 aliphatic rings. The smallest absolute Gasteiger partial charge is 0.311 e. The van der Waals surface area contributed by atoms with Crippen molar-refractivity contribution in [1.29, 1.82) is 0 Å². The van der Waals surface area contributed by atoms with E-state index >= 15 is 0 Å². The van der Waals surface area contributed by atoms with Crippen LogP contribution in [0.25, 0.3) is 0 Å².